The highest BCUT2D eigenvalue weighted by Crippen LogP contribution is 2.29. The number of aliphatic hydroxyl groups excluding tert-OH is 1. The minimum Gasteiger partial charge on any atom is -0.385 e. The number of aryl methyl sites for hydroxylation is 1. The van der Waals surface area contributed by atoms with Crippen molar-refractivity contribution in [3.05, 3.63) is 53.9 Å². The van der Waals surface area contributed by atoms with Gasteiger partial charge in [-0.15, -0.1) is 0 Å². The van der Waals surface area contributed by atoms with E-state index in [1.165, 1.54) is 6.07 Å². The van der Waals surface area contributed by atoms with Gasteiger partial charge < -0.3 is 15.0 Å². The first-order chi connectivity index (χ1) is 12.5. The number of hydrogen-bond acceptors (Lipinski definition) is 4. The Morgan fingerprint density at radius 1 is 1.38 bits per heavy atom. The number of carbonyl (C=O) groups excluding carboxylic acids is 1. The number of hydrogen-bond donors (Lipinski definition) is 2. The minimum absolute atomic E-state index is 0.114. The molecule has 1 aliphatic heterocycles. The van der Waals surface area contributed by atoms with Crippen LogP contribution in [-0.2, 0) is 18.4 Å². The molecule has 140 valence electrons. The number of nitrogens with one attached hydrogen (secondary N) is 1. The zero-order chi connectivity index (χ0) is 18.5. The van der Waals surface area contributed by atoms with Crippen LogP contribution in [0, 0.1) is 11.7 Å². The lowest BCUT2D eigenvalue weighted by atomic mass is 9.90. The quantitative estimate of drug-likeness (QED) is 0.821. The van der Waals surface area contributed by atoms with E-state index in [1.807, 2.05) is 17.8 Å². The largest absolute Gasteiger partial charge is 0.385 e. The van der Waals surface area contributed by atoms with Gasteiger partial charge in [0.2, 0.25) is 5.91 Å². The van der Waals surface area contributed by atoms with Crippen molar-refractivity contribution in [3.8, 4) is 0 Å². The second-order valence-corrected chi connectivity index (χ2v) is 6.82. The summed E-state index contributed by atoms with van der Waals surface area (Å²) in [7, 11) is 1.88. The lowest BCUT2D eigenvalue weighted by molar-refractivity contribution is -0.122. The van der Waals surface area contributed by atoms with Gasteiger partial charge >= 0.3 is 0 Å². The molecule has 0 bridgehead atoms. The Balaban J connectivity index is 1.43. The van der Waals surface area contributed by atoms with Crippen LogP contribution in [0.2, 0.25) is 0 Å². The first kappa shape index (κ1) is 18.5. The molecule has 1 aliphatic rings. The van der Waals surface area contributed by atoms with Crippen molar-refractivity contribution in [2.45, 2.75) is 25.5 Å². The number of carbonyl (C=O) groups is 1. The van der Waals surface area contributed by atoms with Crippen LogP contribution in [0.15, 0.2) is 36.7 Å². The SMILES string of the molecule is Cn1ccnc1C(O)C1CCN(CC(=O)NCc2ccccc2F)CC1. The van der Waals surface area contributed by atoms with Gasteiger partial charge in [-0.2, -0.15) is 0 Å². The Hall–Kier alpha value is -2.25. The van der Waals surface area contributed by atoms with Gasteiger partial charge in [0.1, 0.15) is 17.7 Å². The van der Waals surface area contributed by atoms with E-state index in [-0.39, 0.29) is 24.2 Å². The van der Waals surface area contributed by atoms with Crippen molar-refractivity contribution in [3.63, 3.8) is 0 Å². The Labute approximate surface area is 152 Å². The van der Waals surface area contributed by atoms with Gasteiger partial charge in [-0.3, -0.25) is 9.69 Å². The number of nitrogens with zero attached hydrogens (tertiary/aromatic N) is 3. The van der Waals surface area contributed by atoms with Crippen molar-refractivity contribution in [2.24, 2.45) is 13.0 Å². The highest BCUT2D eigenvalue weighted by atomic mass is 19.1. The molecule has 1 fully saturated rings. The summed E-state index contributed by atoms with van der Waals surface area (Å²) in [5, 5.41) is 13.3. The summed E-state index contributed by atoms with van der Waals surface area (Å²) in [6.07, 6.45) is 4.57. The maximum Gasteiger partial charge on any atom is 0.234 e. The second kappa shape index (κ2) is 8.42. The summed E-state index contributed by atoms with van der Waals surface area (Å²) in [4.78, 5) is 18.4. The fourth-order valence-corrected chi connectivity index (χ4v) is 3.39. The molecule has 1 amide bonds. The Morgan fingerprint density at radius 3 is 2.77 bits per heavy atom. The van der Waals surface area contributed by atoms with Crippen LogP contribution in [-0.4, -0.2) is 45.1 Å². The molecular formula is C19H25FN4O2. The Kier molecular flexibility index (Phi) is 6.00. The van der Waals surface area contributed by atoms with E-state index < -0.39 is 6.10 Å². The van der Waals surface area contributed by atoms with E-state index in [0.29, 0.717) is 17.9 Å². The highest BCUT2D eigenvalue weighted by molar-refractivity contribution is 5.78. The van der Waals surface area contributed by atoms with Crippen LogP contribution >= 0.6 is 0 Å². The molecule has 0 spiro atoms. The maximum absolute atomic E-state index is 13.6. The first-order valence-electron chi connectivity index (χ1n) is 8.92. The summed E-state index contributed by atoms with van der Waals surface area (Å²) in [6.45, 7) is 1.98. The van der Waals surface area contributed by atoms with Gasteiger partial charge in [0.25, 0.3) is 0 Å². The molecule has 0 radical (unpaired) electrons. The predicted molar refractivity (Wildman–Crippen MR) is 95.6 cm³/mol. The van der Waals surface area contributed by atoms with Crippen molar-refractivity contribution >= 4 is 5.91 Å². The Bertz CT molecular complexity index is 741. The second-order valence-electron chi connectivity index (χ2n) is 6.82. The standard InChI is InChI=1S/C19H25FN4O2/c1-23-11-8-21-19(23)18(26)14-6-9-24(10-7-14)13-17(25)22-12-15-4-2-3-5-16(15)20/h2-5,8,11,14,18,26H,6-7,9-10,12-13H2,1H3,(H,22,25). The van der Waals surface area contributed by atoms with Crippen LogP contribution < -0.4 is 5.32 Å². The molecule has 2 N–H and O–H groups in total. The molecule has 1 unspecified atom stereocenters. The lowest BCUT2D eigenvalue weighted by Gasteiger charge is -2.33. The van der Waals surface area contributed by atoms with E-state index >= 15 is 0 Å². The van der Waals surface area contributed by atoms with Gasteiger partial charge in [-0.1, -0.05) is 18.2 Å². The molecule has 7 heteroatoms. The number of amides is 1. The number of benzene rings is 1. The molecule has 1 aromatic carbocycles. The van der Waals surface area contributed by atoms with Crippen molar-refractivity contribution < 1.29 is 14.3 Å². The normalized spacial score (nSPS) is 17.2. The van der Waals surface area contributed by atoms with E-state index in [9.17, 15) is 14.3 Å². The molecule has 3 rings (SSSR count). The number of likely N-dealkylation sites (tertiary alicyclic amines) is 1. The number of aliphatic hydroxyl groups is 1. The van der Waals surface area contributed by atoms with Gasteiger partial charge in [0.05, 0.1) is 6.54 Å². The molecule has 1 saturated heterocycles. The predicted octanol–water partition coefficient (Wildman–Crippen LogP) is 1.62. The zero-order valence-corrected chi connectivity index (χ0v) is 14.9. The van der Waals surface area contributed by atoms with Gasteiger partial charge in [0.15, 0.2) is 0 Å². The molecule has 2 aromatic rings. The average molecular weight is 360 g/mol. The number of rotatable bonds is 6. The first-order valence-corrected chi connectivity index (χ1v) is 8.92. The summed E-state index contributed by atoms with van der Waals surface area (Å²) < 4.78 is 15.4. The average Bonchev–Trinajstić information content (AvgIpc) is 3.07. The number of aromatic nitrogens is 2. The Morgan fingerprint density at radius 2 is 2.12 bits per heavy atom. The molecule has 0 aliphatic carbocycles. The van der Waals surface area contributed by atoms with Crippen LogP contribution in [0.4, 0.5) is 4.39 Å². The summed E-state index contributed by atoms with van der Waals surface area (Å²) in [5.74, 6) is 0.410. The highest BCUT2D eigenvalue weighted by Gasteiger charge is 2.28. The number of imidazole rings is 1. The summed E-state index contributed by atoms with van der Waals surface area (Å²) >= 11 is 0. The van der Waals surface area contributed by atoms with Crippen molar-refractivity contribution in [1.82, 2.24) is 19.8 Å². The molecule has 26 heavy (non-hydrogen) atoms. The lowest BCUT2D eigenvalue weighted by Crippen LogP contribution is -2.42. The monoisotopic (exact) mass is 360 g/mol. The third kappa shape index (κ3) is 4.47. The number of piperidine rings is 1. The summed E-state index contributed by atoms with van der Waals surface area (Å²) in [6, 6.07) is 6.44. The van der Waals surface area contributed by atoms with Crippen molar-refractivity contribution in [1.29, 1.82) is 0 Å². The van der Waals surface area contributed by atoms with E-state index in [1.54, 1.807) is 24.4 Å². The topological polar surface area (TPSA) is 70.4 Å². The fraction of sp³-hybridized carbons (Fsp3) is 0.474. The number of halogens is 1. The van der Waals surface area contributed by atoms with Gasteiger partial charge in [0, 0.05) is 31.5 Å². The van der Waals surface area contributed by atoms with E-state index in [2.05, 4.69) is 15.2 Å². The van der Waals surface area contributed by atoms with Crippen LogP contribution in [0.25, 0.3) is 0 Å². The molecule has 0 saturated carbocycles. The van der Waals surface area contributed by atoms with E-state index in [4.69, 9.17) is 0 Å². The molecule has 1 atom stereocenters. The van der Waals surface area contributed by atoms with Crippen LogP contribution in [0.5, 0.6) is 0 Å². The maximum atomic E-state index is 13.6. The molecular weight excluding hydrogens is 335 g/mol. The van der Waals surface area contributed by atoms with Gasteiger partial charge in [-0.25, -0.2) is 9.37 Å². The molecule has 1 aromatic heterocycles. The third-order valence-corrected chi connectivity index (χ3v) is 5.00. The summed E-state index contributed by atoms with van der Waals surface area (Å²) in [5.41, 5.74) is 0.484. The molecule has 2 heterocycles. The zero-order valence-electron chi connectivity index (χ0n) is 14.9. The van der Waals surface area contributed by atoms with Gasteiger partial charge in [-0.05, 0) is 37.9 Å². The van der Waals surface area contributed by atoms with Crippen LogP contribution in [0.3, 0.4) is 0 Å². The smallest absolute Gasteiger partial charge is 0.234 e. The fourth-order valence-electron chi connectivity index (χ4n) is 3.39. The molecule has 6 nitrogen and oxygen atoms in total. The van der Waals surface area contributed by atoms with Crippen LogP contribution in [0.1, 0.15) is 30.3 Å². The minimum atomic E-state index is -0.577. The van der Waals surface area contributed by atoms with E-state index in [0.717, 1.165) is 25.9 Å². The third-order valence-electron chi connectivity index (χ3n) is 5.00. The van der Waals surface area contributed by atoms with Crippen molar-refractivity contribution in [2.75, 3.05) is 19.6 Å².